The molecule has 4 nitrogen and oxygen atoms in total. The summed E-state index contributed by atoms with van der Waals surface area (Å²) in [4.78, 5) is 14.5. The summed E-state index contributed by atoms with van der Waals surface area (Å²) >= 11 is 0. The highest BCUT2D eigenvalue weighted by Crippen LogP contribution is 2.27. The van der Waals surface area contributed by atoms with E-state index in [1.807, 2.05) is 65.3 Å². The van der Waals surface area contributed by atoms with E-state index >= 15 is 0 Å². The number of carbonyl (C=O) groups excluding carboxylic acids is 1. The SMILES string of the molecule is CN(C(=O)c1ccc(-n2cccc2)cc1)C1CCC(CO)CC1. The highest BCUT2D eigenvalue weighted by atomic mass is 16.3. The summed E-state index contributed by atoms with van der Waals surface area (Å²) < 4.78 is 2.02. The smallest absolute Gasteiger partial charge is 0.253 e. The van der Waals surface area contributed by atoms with Crippen molar-refractivity contribution in [3.8, 4) is 5.69 Å². The lowest BCUT2D eigenvalue weighted by molar-refractivity contribution is 0.0653. The van der Waals surface area contributed by atoms with E-state index in [9.17, 15) is 9.90 Å². The van der Waals surface area contributed by atoms with E-state index in [1.54, 1.807) is 0 Å². The lowest BCUT2D eigenvalue weighted by Crippen LogP contribution is -2.39. The maximum atomic E-state index is 12.7. The average Bonchev–Trinajstić information content (AvgIpc) is 3.15. The molecule has 1 aromatic carbocycles. The van der Waals surface area contributed by atoms with Crippen LogP contribution < -0.4 is 0 Å². The third kappa shape index (κ3) is 3.48. The van der Waals surface area contributed by atoms with Gasteiger partial charge >= 0.3 is 0 Å². The standard InChI is InChI=1S/C19H24N2O2/c1-20(17-8-4-15(14-22)5-9-17)19(23)16-6-10-18(11-7-16)21-12-2-3-13-21/h2-3,6-7,10-13,15,17,22H,4-5,8-9,14H2,1H3. The molecule has 2 aromatic rings. The van der Waals surface area contributed by atoms with E-state index < -0.39 is 0 Å². The fourth-order valence-corrected chi connectivity index (χ4v) is 3.37. The zero-order chi connectivity index (χ0) is 16.2. The molecule has 122 valence electrons. The van der Waals surface area contributed by atoms with Gasteiger partial charge in [-0.25, -0.2) is 0 Å². The molecule has 1 aliphatic rings. The molecule has 1 heterocycles. The molecule has 1 aromatic heterocycles. The minimum Gasteiger partial charge on any atom is -0.396 e. The van der Waals surface area contributed by atoms with Crippen LogP contribution in [-0.2, 0) is 0 Å². The summed E-state index contributed by atoms with van der Waals surface area (Å²) in [5.74, 6) is 0.493. The largest absolute Gasteiger partial charge is 0.396 e. The number of hydrogen-bond donors (Lipinski definition) is 1. The van der Waals surface area contributed by atoms with Gasteiger partial charge in [-0.05, 0) is 68.0 Å². The van der Waals surface area contributed by atoms with E-state index in [1.165, 1.54) is 0 Å². The molecule has 1 aliphatic carbocycles. The number of hydrogen-bond acceptors (Lipinski definition) is 2. The van der Waals surface area contributed by atoms with E-state index in [0.29, 0.717) is 5.92 Å². The number of aliphatic hydroxyl groups excluding tert-OH is 1. The zero-order valence-corrected chi connectivity index (χ0v) is 13.6. The summed E-state index contributed by atoms with van der Waals surface area (Å²) in [5, 5.41) is 9.22. The van der Waals surface area contributed by atoms with Gasteiger partial charge in [-0.1, -0.05) is 0 Å². The van der Waals surface area contributed by atoms with Crippen molar-refractivity contribution in [3.63, 3.8) is 0 Å². The summed E-state index contributed by atoms with van der Waals surface area (Å²) in [5.41, 5.74) is 1.78. The topological polar surface area (TPSA) is 45.5 Å². The molecule has 0 unspecified atom stereocenters. The number of nitrogens with zero attached hydrogens (tertiary/aromatic N) is 2. The molecule has 0 atom stereocenters. The number of benzene rings is 1. The van der Waals surface area contributed by atoms with Crippen LogP contribution >= 0.6 is 0 Å². The Kier molecular flexibility index (Phi) is 4.82. The Hall–Kier alpha value is -2.07. The van der Waals surface area contributed by atoms with Gasteiger partial charge in [0.05, 0.1) is 0 Å². The van der Waals surface area contributed by atoms with Crippen molar-refractivity contribution in [2.75, 3.05) is 13.7 Å². The first-order valence-corrected chi connectivity index (χ1v) is 8.30. The molecule has 23 heavy (non-hydrogen) atoms. The first-order valence-electron chi connectivity index (χ1n) is 8.30. The van der Waals surface area contributed by atoms with Crippen molar-refractivity contribution >= 4 is 5.91 Å². The van der Waals surface area contributed by atoms with Crippen LogP contribution in [0.25, 0.3) is 5.69 Å². The van der Waals surface area contributed by atoms with Gasteiger partial charge in [0.25, 0.3) is 5.91 Å². The van der Waals surface area contributed by atoms with Crippen LogP contribution in [0.5, 0.6) is 0 Å². The highest BCUT2D eigenvalue weighted by molar-refractivity contribution is 5.94. The maximum absolute atomic E-state index is 12.7. The molecule has 0 aliphatic heterocycles. The highest BCUT2D eigenvalue weighted by Gasteiger charge is 2.26. The van der Waals surface area contributed by atoms with E-state index in [0.717, 1.165) is 36.9 Å². The third-order valence-electron chi connectivity index (χ3n) is 4.96. The first-order chi connectivity index (χ1) is 11.2. The number of aromatic nitrogens is 1. The summed E-state index contributed by atoms with van der Waals surface area (Å²) in [6.45, 7) is 0.269. The molecule has 4 heteroatoms. The third-order valence-corrected chi connectivity index (χ3v) is 4.96. The second-order valence-electron chi connectivity index (χ2n) is 6.41. The van der Waals surface area contributed by atoms with Crippen molar-refractivity contribution in [3.05, 3.63) is 54.4 Å². The molecular formula is C19H24N2O2. The Morgan fingerprint density at radius 1 is 1.13 bits per heavy atom. The van der Waals surface area contributed by atoms with E-state index in [-0.39, 0.29) is 18.6 Å². The summed E-state index contributed by atoms with van der Waals surface area (Å²) in [7, 11) is 1.89. The van der Waals surface area contributed by atoms with Crippen LogP contribution in [-0.4, -0.2) is 40.2 Å². The van der Waals surface area contributed by atoms with Crippen LogP contribution in [0.4, 0.5) is 0 Å². The Bertz CT molecular complexity index is 626. The molecule has 0 bridgehead atoms. The van der Waals surface area contributed by atoms with Gasteiger partial charge < -0.3 is 14.6 Å². The van der Waals surface area contributed by atoms with Gasteiger partial charge in [0.1, 0.15) is 0 Å². The van der Waals surface area contributed by atoms with Crippen molar-refractivity contribution in [2.45, 2.75) is 31.7 Å². The van der Waals surface area contributed by atoms with E-state index in [4.69, 9.17) is 0 Å². The minimum atomic E-state index is 0.0801. The number of aliphatic hydroxyl groups is 1. The Morgan fingerprint density at radius 3 is 2.30 bits per heavy atom. The lowest BCUT2D eigenvalue weighted by Gasteiger charge is -2.34. The van der Waals surface area contributed by atoms with Gasteiger partial charge in [0.2, 0.25) is 0 Å². The number of carbonyl (C=O) groups is 1. The summed E-state index contributed by atoms with van der Waals surface area (Å²) in [6.07, 6.45) is 7.95. The van der Waals surface area contributed by atoms with E-state index in [2.05, 4.69) is 0 Å². The quantitative estimate of drug-likeness (QED) is 0.943. The molecular weight excluding hydrogens is 288 g/mol. The van der Waals surface area contributed by atoms with Gasteiger partial charge in [0, 0.05) is 43.3 Å². The lowest BCUT2D eigenvalue weighted by atomic mass is 9.86. The molecule has 0 radical (unpaired) electrons. The second-order valence-corrected chi connectivity index (χ2v) is 6.41. The fourth-order valence-electron chi connectivity index (χ4n) is 3.37. The molecule has 3 rings (SSSR count). The monoisotopic (exact) mass is 312 g/mol. The van der Waals surface area contributed by atoms with Gasteiger partial charge in [-0.3, -0.25) is 4.79 Å². The fraction of sp³-hybridized carbons (Fsp3) is 0.421. The molecule has 1 amide bonds. The molecule has 0 spiro atoms. The molecule has 1 fully saturated rings. The predicted molar refractivity (Wildman–Crippen MR) is 90.7 cm³/mol. The van der Waals surface area contributed by atoms with Gasteiger partial charge in [-0.15, -0.1) is 0 Å². The van der Waals surface area contributed by atoms with Crippen LogP contribution in [0.2, 0.25) is 0 Å². The van der Waals surface area contributed by atoms with Gasteiger partial charge in [-0.2, -0.15) is 0 Å². The van der Waals surface area contributed by atoms with Crippen LogP contribution in [0, 0.1) is 5.92 Å². The maximum Gasteiger partial charge on any atom is 0.253 e. The van der Waals surface area contributed by atoms with Gasteiger partial charge in [0.15, 0.2) is 0 Å². The first kappa shape index (κ1) is 15.8. The van der Waals surface area contributed by atoms with Crippen molar-refractivity contribution in [1.82, 2.24) is 9.47 Å². The van der Waals surface area contributed by atoms with Crippen LogP contribution in [0.3, 0.4) is 0 Å². The Balaban J connectivity index is 1.65. The zero-order valence-electron chi connectivity index (χ0n) is 13.6. The number of amides is 1. The minimum absolute atomic E-state index is 0.0801. The molecule has 1 N–H and O–H groups in total. The van der Waals surface area contributed by atoms with Crippen LogP contribution in [0.1, 0.15) is 36.0 Å². The molecule has 0 saturated heterocycles. The Labute approximate surface area is 137 Å². The predicted octanol–water partition coefficient (Wildman–Crippen LogP) is 3.10. The summed E-state index contributed by atoms with van der Waals surface area (Å²) in [6, 6.07) is 12.0. The van der Waals surface area contributed by atoms with Crippen molar-refractivity contribution < 1.29 is 9.90 Å². The average molecular weight is 312 g/mol. The van der Waals surface area contributed by atoms with Crippen molar-refractivity contribution in [2.24, 2.45) is 5.92 Å². The number of rotatable bonds is 4. The molecule has 1 saturated carbocycles. The Morgan fingerprint density at radius 2 is 1.74 bits per heavy atom. The van der Waals surface area contributed by atoms with Crippen molar-refractivity contribution in [1.29, 1.82) is 0 Å². The second kappa shape index (κ2) is 7.01. The van der Waals surface area contributed by atoms with Crippen LogP contribution in [0.15, 0.2) is 48.8 Å². The normalized spacial score (nSPS) is 21.1.